The van der Waals surface area contributed by atoms with Crippen LogP contribution in [0.15, 0.2) is 12.4 Å². The maximum absolute atomic E-state index is 12.3. The lowest BCUT2D eigenvalue weighted by atomic mass is 9.77. The van der Waals surface area contributed by atoms with E-state index in [0.717, 1.165) is 12.0 Å². The van der Waals surface area contributed by atoms with Gasteiger partial charge in [-0.1, -0.05) is 13.8 Å². The van der Waals surface area contributed by atoms with Gasteiger partial charge >= 0.3 is 0 Å². The number of nitrogens with zero attached hydrogens (tertiary/aromatic N) is 3. The van der Waals surface area contributed by atoms with E-state index in [2.05, 4.69) is 11.2 Å². The third-order valence-corrected chi connectivity index (χ3v) is 3.70. The number of aryl methyl sites for hydroxylation is 1. The number of hydrogen-bond donors (Lipinski definition) is 0. The third-order valence-electron chi connectivity index (χ3n) is 3.70. The van der Waals surface area contributed by atoms with Crippen molar-refractivity contribution in [1.29, 1.82) is 5.26 Å². The Morgan fingerprint density at radius 3 is 2.65 bits per heavy atom. The lowest BCUT2D eigenvalue weighted by Gasteiger charge is -2.21. The van der Waals surface area contributed by atoms with E-state index in [-0.39, 0.29) is 11.2 Å². The summed E-state index contributed by atoms with van der Waals surface area (Å²) in [5.41, 5.74) is -0.245. The molecule has 1 aromatic rings. The summed E-state index contributed by atoms with van der Waals surface area (Å²) in [6.45, 7) is 3.86. The van der Waals surface area contributed by atoms with Gasteiger partial charge in [0.25, 0.3) is 0 Å². The van der Waals surface area contributed by atoms with Gasteiger partial charge in [0.15, 0.2) is 5.78 Å². The molecular weight excluding hydrogens is 214 g/mol. The molecule has 1 aliphatic carbocycles. The zero-order chi connectivity index (χ0) is 12.7. The molecule has 1 aromatic heterocycles. The van der Waals surface area contributed by atoms with Crippen molar-refractivity contribution in [3.8, 4) is 6.07 Å². The van der Waals surface area contributed by atoms with Crippen molar-refractivity contribution < 1.29 is 4.79 Å². The average molecular weight is 231 g/mol. The number of rotatable bonds is 2. The molecule has 1 heterocycles. The van der Waals surface area contributed by atoms with E-state index in [1.165, 1.54) is 0 Å². The Bertz CT molecular complexity index is 495. The van der Waals surface area contributed by atoms with E-state index in [9.17, 15) is 10.1 Å². The van der Waals surface area contributed by atoms with E-state index in [4.69, 9.17) is 0 Å². The number of hydrogen-bond acceptors (Lipinski definition) is 3. The molecule has 17 heavy (non-hydrogen) atoms. The second-order valence-corrected chi connectivity index (χ2v) is 5.61. The van der Waals surface area contributed by atoms with Crippen molar-refractivity contribution in [2.24, 2.45) is 17.9 Å². The summed E-state index contributed by atoms with van der Waals surface area (Å²) in [5.74, 6) is 0.0800. The van der Waals surface area contributed by atoms with Gasteiger partial charge in [0.05, 0.1) is 12.3 Å². The smallest absolute Gasteiger partial charge is 0.158 e. The summed E-state index contributed by atoms with van der Waals surface area (Å²) in [7, 11) is 1.84. The number of carbonyl (C=O) groups excluding carboxylic acids is 1. The molecule has 0 saturated heterocycles. The van der Waals surface area contributed by atoms with Gasteiger partial charge in [-0.2, -0.15) is 10.4 Å². The van der Waals surface area contributed by atoms with E-state index >= 15 is 0 Å². The topological polar surface area (TPSA) is 58.7 Å². The minimum Gasteiger partial charge on any atom is -0.297 e. The van der Waals surface area contributed by atoms with Crippen LogP contribution in [0.3, 0.4) is 0 Å². The first-order chi connectivity index (χ1) is 7.89. The molecule has 1 fully saturated rings. The Morgan fingerprint density at radius 2 is 2.24 bits per heavy atom. The highest BCUT2D eigenvalue weighted by molar-refractivity contribution is 5.94. The second-order valence-electron chi connectivity index (χ2n) is 5.61. The Kier molecular flexibility index (Phi) is 2.57. The summed E-state index contributed by atoms with van der Waals surface area (Å²) in [5, 5.41) is 13.5. The van der Waals surface area contributed by atoms with Crippen molar-refractivity contribution >= 4 is 5.78 Å². The van der Waals surface area contributed by atoms with Gasteiger partial charge in [-0.25, -0.2) is 0 Å². The Labute approximate surface area is 101 Å². The standard InChI is InChI=1S/C13H17N3O/c1-12(2)4-5-13(9-14,11(12)17)6-10-7-15-16(3)8-10/h7-8H,4-6H2,1-3H3. The fourth-order valence-corrected chi connectivity index (χ4v) is 2.63. The highest BCUT2D eigenvalue weighted by Gasteiger charge is 2.52. The summed E-state index contributed by atoms with van der Waals surface area (Å²) < 4.78 is 1.70. The fourth-order valence-electron chi connectivity index (χ4n) is 2.63. The van der Waals surface area contributed by atoms with Crippen LogP contribution in [-0.2, 0) is 18.3 Å². The summed E-state index contributed by atoms with van der Waals surface area (Å²) in [6.07, 6.45) is 5.54. The van der Waals surface area contributed by atoms with Crippen LogP contribution in [0.1, 0.15) is 32.3 Å². The maximum atomic E-state index is 12.3. The van der Waals surface area contributed by atoms with Gasteiger partial charge in [0, 0.05) is 25.1 Å². The highest BCUT2D eigenvalue weighted by atomic mass is 16.1. The van der Waals surface area contributed by atoms with Crippen LogP contribution in [0.25, 0.3) is 0 Å². The molecule has 4 heteroatoms. The normalized spacial score (nSPS) is 27.1. The van der Waals surface area contributed by atoms with Crippen LogP contribution < -0.4 is 0 Å². The molecule has 0 spiro atoms. The van der Waals surface area contributed by atoms with Gasteiger partial charge in [-0.05, 0) is 18.4 Å². The molecule has 0 aliphatic heterocycles. The predicted molar refractivity (Wildman–Crippen MR) is 63.0 cm³/mol. The molecule has 90 valence electrons. The van der Waals surface area contributed by atoms with Crippen LogP contribution in [-0.4, -0.2) is 15.6 Å². The van der Waals surface area contributed by atoms with Gasteiger partial charge in [-0.15, -0.1) is 0 Å². The molecule has 1 saturated carbocycles. The lowest BCUT2D eigenvalue weighted by Crippen LogP contribution is -2.33. The third kappa shape index (κ3) is 1.86. The molecule has 0 N–H and O–H groups in total. The van der Waals surface area contributed by atoms with Crippen molar-refractivity contribution in [2.75, 3.05) is 0 Å². The zero-order valence-corrected chi connectivity index (χ0v) is 10.5. The fraction of sp³-hybridized carbons (Fsp3) is 0.615. The van der Waals surface area contributed by atoms with Crippen molar-refractivity contribution in [2.45, 2.75) is 33.1 Å². The van der Waals surface area contributed by atoms with Crippen molar-refractivity contribution in [1.82, 2.24) is 9.78 Å². The summed E-state index contributed by atoms with van der Waals surface area (Å²) in [6, 6.07) is 2.25. The largest absolute Gasteiger partial charge is 0.297 e. The van der Waals surface area contributed by atoms with Gasteiger partial charge in [0.2, 0.25) is 0 Å². The van der Waals surface area contributed by atoms with Gasteiger partial charge in [-0.3, -0.25) is 9.48 Å². The number of ketones is 1. The average Bonchev–Trinajstić information content (AvgIpc) is 2.77. The number of aromatic nitrogens is 2. The van der Waals surface area contributed by atoms with E-state index in [1.54, 1.807) is 10.9 Å². The Morgan fingerprint density at radius 1 is 1.53 bits per heavy atom. The van der Waals surface area contributed by atoms with E-state index in [0.29, 0.717) is 12.8 Å². The second kappa shape index (κ2) is 3.69. The first-order valence-corrected chi connectivity index (χ1v) is 5.83. The van der Waals surface area contributed by atoms with Crippen molar-refractivity contribution in [3.05, 3.63) is 18.0 Å². The molecule has 2 rings (SSSR count). The van der Waals surface area contributed by atoms with Gasteiger partial charge < -0.3 is 0 Å². The SMILES string of the molecule is Cn1cc(CC2(C#N)CCC(C)(C)C2=O)cn1. The molecular formula is C13H17N3O. The highest BCUT2D eigenvalue weighted by Crippen LogP contribution is 2.47. The van der Waals surface area contributed by atoms with Crippen LogP contribution in [0.5, 0.6) is 0 Å². The molecule has 0 bridgehead atoms. The lowest BCUT2D eigenvalue weighted by molar-refractivity contribution is -0.130. The van der Waals surface area contributed by atoms with Crippen LogP contribution >= 0.6 is 0 Å². The van der Waals surface area contributed by atoms with Crippen LogP contribution in [0, 0.1) is 22.2 Å². The molecule has 4 nitrogen and oxygen atoms in total. The monoisotopic (exact) mass is 231 g/mol. The Hall–Kier alpha value is -1.63. The number of nitriles is 1. The first-order valence-electron chi connectivity index (χ1n) is 5.83. The molecule has 1 atom stereocenters. The van der Waals surface area contributed by atoms with Gasteiger partial charge in [0.1, 0.15) is 5.41 Å². The predicted octanol–water partition coefficient (Wildman–Crippen LogP) is 1.86. The van der Waals surface area contributed by atoms with Crippen LogP contribution in [0.2, 0.25) is 0 Å². The quantitative estimate of drug-likeness (QED) is 0.780. The Balaban J connectivity index is 2.29. The summed E-state index contributed by atoms with van der Waals surface area (Å²) in [4.78, 5) is 12.3. The molecule has 1 aliphatic rings. The van der Waals surface area contributed by atoms with E-state index < -0.39 is 5.41 Å². The first kappa shape index (κ1) is 11.8. The maximum Gasteiger partial charge on any atom is 0.158 e. The minimum absolute atomic E-state index is 0.0800. The summed E-state index contributed by atoms with van der Waals surface area (Å²) >= 11 is 0. The molecule has 0 aromatic carbocycles. The molecule has 1 unspecified atom stereocenters. The van der Waals surface area contributed by atoms with Crippen molar-refractivity contribution in [3.63, 3.8) is 0 Å². The molecule has 0 radical (unpaired) electrons. The number of Topliss-reactive ketones (excluding diaryl/α,β-unsaturated/α-hetero) is 1. The number of carbonyl (C=O) groups is 1. The minimum atomic E-state index is -0.841. The van der Waals surface area contributed by atoms with E-state index in [1.807, 2.05) is 27.1 Å². The molecule has 0 amide bonds. The zero-order valence-electron chi connectivity index (χ0n) is 10.5. The van der Waals surface area contributed by atoms with Crippen LogP contribution in [0.4, 0.5) is 0 Å².